The second-order valence-electron chi connectivity index (χ2n) is 4.01. The quantitative estimate of drug-likeness (QED) is 0.800. The van der Waals surface area contributed by atoms with Crippen LogP contribution in [0.25, 0.3) is 0 Å². The third kappa shape index (κ3) is 2.08. The molecule has 1 aromatic rings. The highest BCUT2D eigenvalue weighted by Gasteiger charge is 2.12. The number of nitrogens with zero attached hydrogens (tertiary/aromatic N) is 2. The van der Waals surface area contributed by atoms with Gasteiger partial charge in [-0.15, -0.1) is 0 Å². The summed E-state index contributed by atoms with van der Waals surface area (Å²) in [6.45, 7) is 11.7. The summed E-state index contributed by atoms with van der Waals surface area (Å²) in [6.07, 6.45) is 1.14. The van der Waals surface area contributed by atoms with Crippen molar-refractivity contribution in [1.82, 2.24) is 9.78 Å². The molecule has 3 nitrogen and oxygen atoms in total. The van der Waals surface area contributed by atoms with Gasteiger partial charge in [-0.25, -0.2) is 0 Å². The predicted octanol–water partition coefficient (Wildman–Crippen LogP) is 2.90. The molecule has 0 aromatic carbocycles. The molecule has 0 radical (unpaired) electrons. The van der Waals surface area contributed by atoms with Gasteiger partial charge in [0, 0.05) is 12.6 Å². The first kappa shape index (κ1) is 11.1. The van der Waals surface area contributed by atoms with Crippen LogP contribution in [0.4, 0.5) is 5.69 Å². The zero-order valence-corrected chi connectivity index (χ0v) is 9.89. The first-order valence-corrected chi connectivity index (χ1v) is 5.37. The number of nitrogens with one attached hydrogen (secondary N) is 1. The van der Waals surface area contributed by atoms with E-state index in [0.29, 0.717) is 6.04 Å². The third-order valence-corrected chi connectivity index (χ3v) is 2.37. The summed E-state index contributed by atoms with van der Waals surface area (Å²) in [4.78, 5) is 0. The highest BCUT2D eigenvalue weighted by molar-refractivity contribution is 5.52. The maximum Gasteiger partial charge on any atom is 0.0828 e. The molecule has 3 heteroatoms. The molecule has 0 spiro atoms. The average molecular weight is 195 g/mol. The van der Waals surface area contributed by atoms with Gasteiger partial charge in [-0.2, -0.15) is 5.10 Å². The molecule has 1 N–H and O–H groups in total. The van der Waals surface area contributed by atoms with Crippen LogP contribution in [0.2, 0.25) is 0 Å². The van der Waals surface area contributed by atoms with Gasteiger partial charge in [0.05, 0.1) is 17.1 Å². The summed E-state index contributed by atoms with van der Waals surface area (Å²) >= 11 is 0. The van der Waals surface area contributed by atoms with Crippen LogP contribution in [-0.4, -0.2) is 16.3 Å². The standard InChI is InChI=1S/C11H21N3/c1-6-7-12-11-9(4)13-14(8(2)3)10(11)5/h8,12H,6-7H2,1-5H3. The second kappa shape index (κ2) is 4.49. The lowest BCUT2D eigenvalue weighted by molar-refractivity contribution is 0.516. The summed E-state index contributed by atoms with van der Waals surface area (Å²) in [7, 11) is 0. The molecule has 0 aliphatic rings. The molecule has 0 atom stereocenters. The smallest absolute Gasteiger partial charge is 0.0828 e. The van der Waals surface area contributed by atoms with E-state index in [1.807, 2.05) is 0 Å². The van der Waals surface area contributed by atoms with Crippen LogP contribution < -0.4 is 5.32 Å². The van der Waals surface area contributed by atoms with Crippen LogP contribution in [-0.2, 0) is 0 Å². The lowest BCUT2D eigenvalue weighted by Crippen LogP contribution is -2.06. The van der Waals surface area contributed by atoms with E-state index in [1.54, 1.807) is 0 Å². The maximum absolute atomic E-state index is 4.52. The van der Waals surface area contributed by atoms with E-state index in [-0.39, 0.29) is 0 Å². The topological polar surface area (TPSA) is 29.9 Å². The fourth-order valence-corrected chi connectivity index (χ4v) is 1.67. The number of aryl methyl sites for hydroxylation is 1. The van der Waals surface area contributed by atoms with Gasteiger partial charge < -0.3 is 5.32 Å². The Morgan fingerprint density at radius 3 is 2.43 bits per heavy atom. The van der Waals surface area contributed by atoms with Gasteiger partial charge in [0.2, 0.25) is 0 Å². The minimum absolute atomic E-state index is 0.436. The summed E-state index contributed by atoms with van der Waals surface area (Å²) < 4.78 is 2.08. The zero-order valence-electron chi connectivity index (χ0n) is 9.89. The lowest BCUT2D eigenvalue weighted by Gasteiger charge is -2.09. The van der Waals surface area contributed by atoms with Crippen molar-refractivity contribution in [2.75, 3.05) is 11.9 Å². The Morgan fingerprint density at radius 1 is 1.36 bits per heavy atom. The van der Waals surface area contributed by atoms with Crippen LogP contribution in [0, 0.1) is 13.8 Å². The van der Waals surface area contributed by atoms with Gasteiger partial charge in [-0.05, 0) is 34.1 Å². The van der Waals surface area contributed by atoms with Gasteiger partial charge >= 0.3 is 0 Å². The first-order valence-electron chi connectivity index (χ1n) is 5.37. The van der Waals surface area contributed by atoms with Crippen molar-refractivity contribution in [2.24, 2.45) is 0 Å². The van der Waals surface area contributed by atoms with Crippen molar-refractivity contribution >= 4 is 5.69 Å². The van der Waals surface area contributed by atoms with E-state index in [2.05, 4.69) is 49.7 Å². The molecule has 0 fully saturated rings. The summed E-state index contributed by atoms with van der Waals surface area (Å²) in [5, 5.41) is 7.94. The lowest BCUT2D eigenvalue weighted by atomic mass is 10.3. The molecule has 0 amide bonds. The normalized spacial score (nSPS) is 11.0. The van der Waals surface area contributed by atoms with Crippen LogP contribution in [0.1, 0.15) is 44.6 Å². The molecule has 1 heterocycles. The van der Waals surface area contributed by atoms with Crippen molar-refractivity contribution in [3.63, 3.8) is 0 Å². The second-order valence-corrected chi connectivity index (χ2v) is 4.01. The SMILES string of the molecule is CCCNc1c(C)nn(C(C)C)c1C. The minimum Gasteiger partial charge on any atom is -0.382 e. The van der Waals surface area contributed by atoms with Gasteiger partial charge in [-0.1, -0.05) is 6.92 Å². The van der Waals surface area contributed by atoms with Crippen molar-refractivity contribution in [2.45, 2.75) is 47.1 Å². The van der Waals surface area contributed by atoms with Crippen LogP contribution in [0.15, 0.2) is 0 Å². The van der Waals surface area contributed by atoms with E-state index in [9.17, 15) is 0 Å². The number of anilines is 1. The molecule has 0 aliphatic carbocycles. The summed E-state index contributed by atoms with van der Waals surface area (Å²) in [5.74, 6) is 0. The number of hydrogen-bond acceptors (Lipinski definition) is 2. The van der Waals surface area contributed by atoms with Crippen LogP contribution in [0.3, 0.4) is 0 Å². The monoisotopic (exact) mass is 195 g/mol. The van der Waals surface area contributed by atoms with Gasteiger partial charge in [-0.3, -0.25) is 4.68 Å². The maximum atomic E-state index is 4.52. The third-order valence-electron chi connectivity index (χ3n) is 2.37. The first-order chi connectivity index (χ1) is 6.57. The largest absolute Gasteiger partial charge is 0.382 e. The highest BCUT2D eigenvalue weighted by atomic mass is 15.3. The molecule has 80 valence electrons. The Hall–Kier alpha value is -0.990. The summed E-state index contributed by atoms with van der Waals surface area (Å²) in [6, 6.07) is 0.436. The molecule has 1 rings (SSSR count). The van der Waals surface area contributed by atoms with Gasteiger partial charge in [0.15, 0.2) is 0 Å². The Balaban J connectivity index is 2.93. The Kier molecular flexibility index (Phi) is 3.55. The molecular formula is C11H21N3. The van der Waals surface area contributed by atoms with E-state index in [0.717, 1.165) is 18.7 Å². The molecule has 0 saturated heterocycles. The molecule has 0 bridgehead atoms. The molecule has 0 aliphatic heterocycles. The molecule has 0 unspecified atom stereocenters. The molecule has 0 saturated carbocycles. The van der Waals surface area contributed by atoms with Crippen molar-refractivity contribution in [1.29, 1.82) is 0 Å². The van der Waals surface area contributed by atoms with E-state index in [4.69, 9.17) is 0 Å². The van der Waals surface area contributed by atoms with E-state index < -0.39 is 0 Å². The van der Waals surface area contributed by atoms with Crippen molar-refractivity contribution in [3.8, 4) is 0 Å². The van der Waals surface area contributed by atoms with E-state index >= 15 is 0 Å². The zero-order chi connectivity index (χ0) is 10.7. The average Bonchev–Trinajstić information content (AvgIpc) is 2.40. The van der Waals surface area contributed by atoms with Gasteiger partial charge in [0.1, 0.15) is 0 Å². The molecule has 14 heavy (non-hydrogen) atoms. The van der Waals surface area contributed by atoms with Crippen molar-refractivity contribution < 1.29 is 0 Å². The molecular weight excluding hydrogens is 174 g/mol. The fourth-order valence-electron chi connectivity index (χ4n) is 1.67. The van der Waals surface area contributed by atoms with E-state index in [1.165, 1.54) is 11.4 Å². The molecule has 1 aromatic heterocycles. The van der Waals surface area contributed by atoms with Crippen molar-refractivity contribution in [3.05, 3.63) is 11.4 Å². The minimum atomic E-state index is 0.436. The van der Waals surface area contributed by atoms with Crippen LogP contribution in [0.5, 0.6) is 0 Å². The Morgan fingerprint density at radius 2 is 2.00 bits per heavy atom. The Bertz CT molecular complexity index is 300. The fraction of sp³-hybridized carbons (Fsp3) is 0.727. The van der Waals surface area contributed by atoms with Gasteiger partial charge in [0.25, 0.3) is 0 Å². The number of hydrogen-bond donors (Lipinski definition) is 1. The Labute approximate surface area is 86.5 Å². The van der Waals surface area contributed by atoms with Crippen LogP contribution >= 0.6 is 0 Å². The predicted molar refractivity (Wildman–Crippen MR) is 60.9 cm³/mol. The highest BCUT2D eigenvalue weighted by Crippen LogP contribution is 2.21. The number of aromatic nitrogens is 2. The number of rotatable bonds is 4. The summed E-state index contributed by atoms with van der Waals surface area (Å²) in [5.41, 5.74) is 3.55.